The molecule has 11 rings (SSSR count). The lowest BCUT2D eigenvalue weighted by Gasteiger charge is -2.26. The molecule has 2 heterocycles. The molecule has 0 atom stereocenters. The van der Waals surface area contributed by atoms with Crippen molar-refractivity contribution < 1.29 is 8.83 Å². The van der Waals surface area contributed by atoms with Crippen molar-refractivity contribution in [3.63, 3.8) is 0 Å². The topological polar surface area (TPSA) is 42.4 Å². The Morgan fingerprint density at radius 1 is 0.377 bits per heavy atom. The van der Waals surface area contributed by atoms with Crippen LogP contribution in [0.1, 0.15) is 0 Å². The monoisotopic (exact) mass is 678 g/mol. The van der Waals surface area contributed by atoms with E-state index in [1.165, 1.54) is 5.56 Å². The quantitative estimate of drug-likeness (QED) is 0.170. The molecule has 2 aromatic heterocycles. The van der Waals surface area contributed by atoms with Crippen LogP contribution in [0.2, 0.25) is 0 Å². The minimum absolute atomic E-state index is 0.628. The number of rotatable bonds is 5. The molecule has 9 aromatic carbocycles. The van der Waals surface area contributed by atoms with Gasteiger partial charge in [0, 0.05) is 44.2 Å². The molecule has 0 aliphatic carbocycles. The lowest BCUT2D eigenvalue weighted by molar-refractivity contribution is 0.623. The molecule has 0 bridgehead atoms. The summed E-state index contributed by atoms with van der Waals surface area (Å²) in [4.78, 5) is 7.26. The fourth-order valence-corrected chi connectivity index (χ4v) is 7.93. The Morgan fingerprint density at radius 3 is 1.87 bits per heavy atom. The first-order valence-corrected chi connectivity index (χ1v) is 17.9. The first-order chi connectivity index (χ1) is 26.2. The molecule has 0 fully saturated rings. The van der Waals surface area contributed by atoms with E-state index in [1.54, 1.807) is 0 Å². The van der Waals surface area contributed by atoms with Gasteiger partial charge in [0.15, 0.2) is 5.58 Å². The van der Waals surface area contributed by atoms with E-state index in [9.17, 15) is 0 Å². The SMILES string of the molecule is c1ccc(-c2cccc(N(c3ccc4c(ccc5ccc6ccc7nc(-c8ccccc8)oc7c6c54)c3)c3ccc4oc5ccccc5c4c3)c2)cc1. The number of fused-ring (bicyclic) bond motifs is 10. The minimum atomic E-state index is 0.628. The first-order valence-electron chi connectivity index (χ1n) is 17.9. The van der Waals surface area contributed by atoms with E-state index in [4.69, 9.17) is 13.8 Å². The number of nitrogens with zero attached hydrogens (tertiary/aromatic N) is 2. The lowest BCUT2D eigenvalue weighted by Crippen LogP contribution is -2.10. The van der Waals surface area contributed by atoms with Crippen molar-refractivity contribution in [1.29, 1.82) is 0 Å². The molecule has 0 spiro atoms. The van der Waals surface area contributed by atoms with Crippen LogP contribution in [-0.2, 0) is 0 Å². The van der Waals surface area contributed by atoms with Gasteiger partial charge in [-0.2, -0.15) is 0 Å². The molecule has 248 valence electrons. The smallest absolute Gasteiger partial charge is 0.227 e. The van der Waals surface area contributed by atoms with E-state index >= 15 is 0 Å². The summed E-state index contributed by atoms with van der Waals surface area (Å²) in [5.41, 5.74) is 9.90. The number of para-hydroxylation sites is 1. The average Bonchev–Trinajstić information content (AvgIpc) is 3.83. The average molecular weight is 679 g/mol. The Balaban J connectivity index is 1.13. The van der Waals surface area contributed by atoms with E-state index in [2.05, 4.69) is 144 Å². The van der Waals surface area contributed by atoms with Gasteiger partial charge in [-0.05, 0) is 99.4 Å². The predicted octanol–water partition coefficient (Wildman–Crippen LogP) is 14.0. The van der Waals surface area contributed by atoms with Crippen molar-refractivity contribution in [1.82, 2.24) is 4.98 Å². The summed E-state index contributed by atoms with van der Waals surface area (Å²) in [7, 11) is 0. The maximum Gasteiger partial charge on any atom is 0.227 e. The molecule has 0 saturated heterocycles. The summed E-state index contributed by atoms with van der Waals surface area (Å²) < 4.78 is 12.8. The Morgan fingerprint density at radius 2 is 1.02 bits per heavy atom. The summed E-state index contributed by atoms with van der Waals surface area (Å²) in [5.74, 6) is 0.628. The summed E-state index contributed by atoms with van der Waals surface area (Å²) in [6.45, 7) is 0. The number of oxazole rings is 1. The molecule has 0 N–H and O–H groups in total. The summed E-state index contributed by atoms with van der Waals surface area (Å²) in [6, 6.07) is 64.0. The second-order valence-electron chi connectivity index (χ2n) is 13.6. The predicted molar refractivity (Wildman–Crippen MR) is 219 cm³/mol. The molecule has 0 aliphatic rings. The first kappa shape index (κ1) is 29.5. The third-order valence-corrected chi connectivity index (χ3v) is 10.4. The Bertz CT molecular complexity index is 3180. The van der Waals surface area contributed by atoms with Crippen molar-refractivity contribution >= 4 is 82.4 Å². The van der Waals surface area contributed by atoms with Gasteiger partial charge >= 0.3 is 0 Å². The van der Waals surface area contributed by atoms with Gasteiger partial charge in [-0.25, -0.2) is 4.98 Å². The fraction of sp³-hybridized carbons (Fsp3) is 0. The second kappa shape index (κ2) is 11.7. The van der Waals surface area contributed by atoms with Crippen molar-refractivity contribution in [2.24, 2.45) is 0 Å². The van der Waals surface area contributed by atoms with Crippen LogP contribution >= 0.6 is 0 Å². The van der Waals surface area contributed by atoms with Crippen molar-refractivity contribution in [2.45, 2.75) is 0 Å². The zero-order valence-corrected chi connectivity index (χ0v) is 28.5. The lowest BCUT2D eigenvalue weighted by atomic mass is 9.95. The van der Waals surface area contributed by atoms with E-state index in [-0.39, 0.29) is 0 Å². The molecule has 4 heteroatoms. The maximum atomic E-state index is 6.58. The summed E-state index contributed by atoms with van der Waals surface area (Å²) >= 11 is 0. The van der Waals surface area contributed by atoms with Crippen LogP contribution < -0.4 is 4.90 Å². The third kappa shape index (κ3) is 4.80. The highest BCUT2D eigenvalue weighted by atomic mass is 16.3. The number of hydrogen-bond acceptors (Lipinski definition) is 4. The Hall–Kier alpha value is -7.17. The van der Waals surface area contributed by atoms with Gasteiger partial charge in [0.2, 0.25) is 5.89 Å². The second-order valence-corrected chi connectivity index (χ2v) is 13.6. The van der Waals surface area contributed by atoms with Crippen LogP contribution in [-0.4, -0.2) is 4.98 Å². The number of benzene rings is 9. The van der Waals surface area contributed by atoms with Crippen LogP contribution in [0.5, 0.6) is 0 Å². The van der Waals surface area contributed by atoms with Gasteiger partial charge in [0.05, 0.1) is 0 Å². The Kier molecular flexibility index (Phi) is 6.52. The summed E-state index contributed by atoms with van der Waals surface area (Å²) in [5, 5.41) is 9.03. The molecular formula is C49H30N2O2. The zero-order valence-electron chi connectivity index (χ0n) is 28.5. The third-order valence-electron chi connectivity index (χ3n) is 10.4. The molecule has 0 unspecified atom stereocenters. The highest BCUT2D eigenvalue weighted by Gasteiger charge is 2.19. The molecular weight excluding hydrogens is 649 g/mol. The molecule has 0 saturated carbocycles. The van der Waals surface area contributed by atoms with Gasteiger partial charge < -0.3 is 13.7 Å². The van der Waals surface area contributed by atoms with Gasteiger partial charge in [0.1, 0.15) is 16.7 Å². The number of aromatic nitrogens is 1. The molecule has 53 heavy (non-hydrogen) atoms. The van der Waals surface area contributed by atoms with Crippen LogP contribution in [0, 0.1) is 0 Å². The molecule has 0 aliphatic heterocycles. The van der Waals surface area contributed by atoms with E-state index < -0.39 is 0 Å². The van der Waals surface area contributed by atoms with Crippen molar-refractivity contribution in [2.75, 3.05) is 4.90 Å². The van der Waals surface area contributed by atoms with Gasteiger partial charge in [-0.15, -0.1) is 0 Å². The van der Waals surface area contributed by atoms with Gasteiger partial charge in [0.25, 0.3) is 0 Å². The maximum absolute atomic E-state index is 6.58. The van der Waals surface area contributed by atoms with Gasteiger partial charge in [-0.1, -0.05) is 115 Å². The van der Waals surface area contributed by atoms with E-state index in [1.807, 2.05) is 42.5 Å². The largest absolute Gasteiger partial charge is 0.456 e. The van der Waals surface area contributed by atoms with E-state index in [0.29, 0.717) is 5.89 Å². The standard InChI is InChI=1S/C49H30N2O2/c1-3-10-31(11-4-1)35-14-9-15-37(28-35)51(39-24-27-45-42(30-39)41-16-7-8-17-44(41)52-45)38-23-25-40-36(29-38)21-20-32-18-19-33-22-26-43-48(47(33)46(32)40)53-49(50-43)34-12-5-2-6-13-34/h1-30H. The zero-order chi connectivity index (χ0) is 34.9. The minimum Gasteiger partial charge on any atom is -0.456 e. The number of anilines is 3. The molecule has 11 aromatic rings. The van der Waals surface area contributed by atoms with Crippen molar-refractivity contribution in [3.8, 4) is 22.6 Å². The van der Waals surface area contributed by atoms with E-state index in [0.717, 1.165) is 93.5 Å². The van der Waals surface area contributed by atoms with Crippen LogP contribution in [0.15, 0.2) is 191 Å². The number of hydrogen-bond donors (Lipinski definition) is 0. The van der Waals surface area contributed by atoms with Crippen LogP contribution in [0.3, 0.4) is 0 Å². The number of furan rings is 1. The highest BCUT2D eigenvalue weighted by molar-refractivity contribution is 6.26. The molecule has 0 amide bonds. The van der Waals surface area contributed by atoms with Gasteiger partial charge in [-0.3, -0.25) is 0 Å². The van der Waals surface area contributed by atoms with Crippen LogP contribution in [0.4, 0.5) is 17.1 Å². The molecule has 0 radical (unpaired) electrons. The van der Waals surface area contributed by atoms with Crippen LogP contribution in [0.25, 0.3) is 87.9 Å². The molecule has 4 nitrogen and oxygen atoms in total. The highest BCUT2D eigenvalue weighted by Crippen LogP contribution is 2.43. The summed E-state index contributed by atoms with van der Waals surface area (Å²) in [6.07, 6.45) is 0. The normalized spacial score (nSPS) is 11.8. The van der Waals surface area contributed by atoms with Crippen molar-refractivity contribution in [3.05, 3.63) is 182 Å². The fourth-order valence-electron chi connectivity index (χ4n) is 7.93. The Labute approximate surface area is 304 Å².